The van der Waals surface area contributed by atoms with Gasteiger partial charge in [-0.1, -0.05) is 24.1 Å². The molecule has 0 spiro atoms. The van der Waals surface area contributed by atoms with Gasteiger partial charge in [-0.15, -0.1) is 0 Å². The van der Waals surface area contributed by atoms with Crippen molar-refractivity contribution in [1.82, 2.24) is 0 Å². The first-order valence-corrected chi connectivity index (χ1v) is 5.16. The summed E-state index contributed by atoms with van der Waals surface area (Å²) in [6, 6.07) is 4.97. The second-order valence-electron chi connectivity index (χ2n) is 3.96. The zero-order valence-corrected chi connectivity index (χ0v) is 8.59. The van der Waals surface area contributed by atoms with E-state index in [1.54, 1.807) is 6.07 Å². The monoisotopic (exact) mass is 212 g/mol. The Balaban J connectivity index is 2.40. The summed E-state index contributed by atoms with van der Waals surface area (Å²) < 4.78 is 0. The van der Waals surface area contributed by atoms with E-state index in [-0.39, 0.29) is 17.8 Å². The second kappa shape index (κ2) is 3.44. The Kier molecular flexibility index (Phi) is 2.41. The van der Waals surface area contributed by atoms with Crippen molar-refractivity contribution in [2.24, 2.45) is 0 Å². The Bertz CT molecular complexity index is 340. The van der Waals surface area contributed by atoms with Crippen molar-refractivity contribution in [3.05, 3.63) is 28.8 Å². The van der Waals surface area contributed by atoms with E-state index in [0.717, 1.165) is 24.8 Å². The zero-order valence-electron chi connectivity index (χ0n) is 7.83. The van der Waals surface area contributed by atoms with E-state index in [4.69, 9.17) is 11.6 Å². The highest BCUT2D eigenvalue weighted by Crippen LogP contribution is 2.46. The van der Waals surface area contributed by atoms with Crippen LogP contribution >= 0.6 is 11.6 Å². The van der Waals surface area contributed by atoms with Crippen LogP contribution in [0.15, 0.2) is 18.2 Å². The highest BCUT2D eigenvalue weighted by atomic mass is 35.5. The molecule has 0 radical (unpaired) electrons. The molecule has 1 aromatic carbocycles. The minimum absolute atomic E-state index is 0.136. The number of hydrogen-bond donors (Lipinski definition) is 2. The van der Waals surface area contributed by atoms with Gasteiger partial charge < -0.3 is 10.2 Å². The summed E-state index contributed by atoms with van der Waals surface area (Å²) in [7, 11) is 0. The fourth-order valence-electron chi connectivity index (χ4n) is 2.05. The average Bonchev–Trinajstić information content (AvgIpc) is 2.07. The molecule has 0 amide bonds. The molecule has 2 rings (SSSR count). The molecular formula is C11H13ClO2. The van der Waals surface area contributed by atoms with Gasteiger partial charge in [0.1, 0.15) is 5.75 Å². The third kappa shape index (κ3) is 1.39. The highest BCUT2D eigenvalue weighted by Gasteiger charge is 2.39. The van der Waals surface area contributed by atoms with Crippen LogP contribution in [-0.4, -0.2) is 16.8 Å². The Hall–Kier alpha value is -0.730. The number of hydrogen-bond acceptors (Lipinski definition) is 2. The first kappa shape index (κ1) is 9.81. The van der Waals surface area contributed by atoms with Gasteiger partial charge >= 0.3 is 0 Å². The molecule has 2 nitrogen and oxygen atoms in total. The predicted molar refractivity (Wildman–Crippen MR) is 55.7 cm³/mol. The number of aliphatic hydroxyl groups excluding tert-OH is 1. The molecule has 1 aliphatic rings. The lowest BCUT2D eigenvalue weighted by Crippen LogP contribution is -2.38. The van der Waals surface area contributed by atoms with Gasteiger partial charge in [0.2, 0.25) is 0 Å². The Morgan fingerprint density at radius 2 is 2.07 bits per heavy atom. The molecule has 0 unspecified atom stereocenters. The molecule has 0 aromatic heterocycles. The van der Waals surface area contributed by atoms with E-state index in [1.165, 1.54) is 6.07 Å². The molecule has 1 saturated carbocycles. The molecule has 14 heavy (non-hydrogen) atoms. The van der Waals surface area contributed by atoms with Crippen LogP contribution in [0.2, 0.25) is 5.02 Å². The minimum atomic E-state index is -0.148. The van der Waals surface area contributed by atoms with Gasteiger partial charge in [-0.05, 0) is 30.5 Å². The fraction of sp³-hybridized carbons (Fsp3) is 0.455. The third-order valence-corrected chi connectivity index (χ3v) is 3.45. The topological polar surface area (TPSA) is 40.5 Å². The van der Waals surface area contributed by atoms with Gasteiger partial charge in [0, 0.05) is 10.4 Å². The summed E-state index contributed by atoms with van der Waals surface area (Å²) in [6.07, 6.45) is 3.10. The smallest absolute Gasteiger partial charge is 0.117 e. The van der Waals surface area contributed by atoms with Crippen molar-refractivity contribution in [1.29, 1.82) is 0 Å². The van der Waals surface area contributed by atoms with E-state index >= 15 is 0 Å². The van der Waals surface area contributed by atoms with Gasteiger partial charge in [-0.2, -0.15) is 0 Å². The number of benzene rings is 1. The second-order valence-corrected chi connectivity index (χ2v) is 4.36. The molecular weight excluding hydrogens is 200 g/mol. The minimum Gasteiger partial charge on any atom is -0.508 e. The number of rotatable bonds is 2. The molecule has 2 N–H and O–H groups in total. The van der Waals surface area contributed by atoms with E-state index in [9.17, 15) is 10.2 Å². The number of halogens is 1. The fourth-order valence-corrected chi connectivity index (χ4v) is 2.43. The van der Waals surface area contributed by atoms with Crippen LogP contribution in [0.5, 0.6) is 5.75 Å². The van der Waals surface area contributed by atoms with Gasteiger partial charge in [-0.25, -0.2) is 0 Å². The summed E-state index contributed by atoms with van der Waals surface area (Å²) in [5, 5.41) is 19.1. The lowest BCUT2D eigenvalue weighted by Gasteiger charge is -2.41. The Morgan fingerprint density at radius 1 is 1.36 bits per heavy atom. The van der Waals surface area contributed by atoms with E-state index in [2.05, 4.69) is 0 Å². The Morgan fingerprint density at radius 3 is 2.50 bits per heavy atom. The van der Waals surface area contributed by atoms with Crippen LogP contribution in [0.3, 0.4) is 0 Å². The first-order valence-electron chi connectivity index (χ1n) is 4.78. The van der Waals surface area contributed by atoms with E-state index in [0.29, 0.717) is 5.02 Å². The van der Waals surface area contributed by atoms with Crippen molar-refractivity contribution in [2.45, 2.75) is 24.7 Å². The standard InChI is InChI=1S/C11H13ClO2/c12-10-6-8(14)2-3-9(10)11(7-13)4-1-5-11/h2-3,6,13-14H,1,4-5,7H2. The maximum Gasteiger partial charge on any atom is 0.117 e. The van der Waals surface area contributed by atoms with Crippen LogP contribution in [0.4, 0.5) is 0 Å². The van der Waals surface area contributed by atoms with Crippen molar-refractivity contribution < 1.29 is 10.2 Å². The summed E-state index contributed by atoms with van der Waals surface area (Å²) in [5.74, 6) is 0.172. The number of phenolic OH excluding ortho intramolecular Hbond substituents is 1. The van der Waals surface area contributed by atoms with Crippen molar-refractivity contribution in [3.63, 3.8) is 0 Å². The van der Waals surface area contributed by atoms with Crippen LogP contribution in [0.25, 0.3) is 0 Å². The van der Waals surface area contributed by atoms with Crippen LogP contribution in [0, 0.1) is 0 Å². The molecule has 76 valence electrons. The quantitative estimate of drug-likeness (QED) is 0.791. The van der Waals surface area contributed by atoms with Gasteiger partial charge in [0.25, 0.3) is 0 Å². The summed E-state index contributed by atoms with van der Waals surface area (Å²) in [5.41, 5.74) is 0.816. The molecule has 0 atom stereocenters. The molecule has 0 heterocycles. The largest absolute Gasteiger partial charge is 0.508 e. The van der Waals surface area contributed by atoms with Gasteiger partial charge in [0.15, 0.2) is 0 Å². The maximum atomic E-state index is 9.36. The molecule has 0 aliphatic heterocycles. The lowest BCUT2D eigenvalue weighted by atomic mass is 9.65. The van der Waals surface area contributed by atoms with E-state index < -0.39 is 0 Å². The van der Waals surface area contributed by atoms with Gasteiger partial charge in [0.05, 0.1) is 6.61 Å². The SMILES string of the molecule is OCC1(c2ccc(O)cc2Cl)CCC1. The average molecular weight is 213 g/mol. The summed E-state index contributed by atoms with van der Waals surface area (Å²) in [4.78, 5) is 0. The molecule has 0 saturated heterocycles. The van der Waals surface area contributed by atoms with Crippen molar-refractivity contribution >= 4 is 11.6 Å². The Labute approximate surface area is 88.1 Å². The highest BCUT2D eigenvalue weighted by molar-refractivity contribution is 6.31. The molecule has 1 aliphatic carbocycles. The van der Waals surface area contributed by atoms with Crippen LogP contribution < -0.4 is 0 Å². The number of aromatic hydroxyl groups is 1. The normalized spacial score (nSPS) is 19.0. The molecule has 1 aromatic rings. The lowest BCUT2D eigenvalue weighted by molar-refractivity contribution is 0.120. The zero-order chi connectivity index (χ0) is 10.2. The summed E-state index contributed by atoms with van der Waals surface area (Å²) >= 11 is 6.03. The van der Waals surface area contributed by atoms with Crippen molar-refractivity contribution in [2.75, 3.05) is 6.61 Å². The van der Waals surface area contributed by atoms with Gasteiger partial charge in [-0.3, -0.25) is 0 Å². The third-order valence-electron chi connectivity index (χ3n) is 3.14. The summed E-state index contributed by atoms with van der Waals surface area (Å²) in [6.45, 7) is 0.136. The number of phenols is 1. The van der Waals surface area contributed by atoms with Crippen LogP contribution in [-0.2, 0) is 5.41 Å². The molecule has 3 heteroatoms. The van der Waals surface area contributed by atoms with Crippen LogP contribution in [0.1, 0.15) is 24.8 Å². The predicted octanol–water partition coefficient (Wildman–Crippen LogP) is 2.46. The molecule has 1 fully saturated rings. The molecule has 0 bridgehead atoms. The number of aliphatic hydroxyl groups is 1. The maximum absolute atomic E-state index is 9.36. The first-order chi connectivity index (χ1) is 6.68. The van der Waals surface area contributed by atoms with E-state index in [1.807, 2.05) is 6.07 Å². The van der Waals surface area contributed by atoms with Crippen molar-refractivity contribution in [3.8, 4) is 5.75 Å².